The Labute approximate surface area is 174 Å². The first-order chi connectivity index (χ1) is 14.2. The fraction of sp³-hybridized carbons (Fsp3) is 0.261. The van der Waals surface area contributed by atoms with Crippen molar-refractivity contribution in [3.8, 4) is 11.5 Å². The van der Waals surface area contributed by atoms with Gasteiger partial charge in [0.05, 0.1) is 4.88 Å². The predicted molar refractivity (Wildman–Crippen MR) is 113 cm³/mol. The van der Waals surface area contributed by atoms with E-state index in [1.54, 1.807) is 11.3 Å². The molecule has 1 aliphatic rings. The molecule has 0 fully saturated rings. The molecule has 0 aliphatic carbocycles. The molecule has 0 radical (unpaired) electrons. The number of aryl methyl sites for hydroxylation is 1. The van der Waals surface area contributed by atoms with Crippen molar-refractivity contribution < 1.29 is 19.6 Å². The summed E-state index contributed by atoms with van der Waals surface area (Å²) in [6, 6.07) is 18.7. The van der Waals surface area contributed by atoms with Crippen molar-refractivity contribution in [2.24, 2.45) is 0 Å². The highest BCUT2D eigenvalue weighted by atomic mass is 32.1. The first-order valence-corrected chi connectivity index (χ1v) is 10.7. The third-order valence-corrected chi connectivity index (χ3v) is 6.02. The molecule has 0 spiro atoms. The third-order valence-electron chi connectivity index (χ3n) is 5.06. The number of benzene rings is 2. The summed E-state index contributed by atoms with van der Waals surface area (Å²) in [5.41, 5.74) is 3.53. The van der Waals surface area contributed by atoms with E-state index in [1.807, 2.05) is 18.2 Å². The molecule has 4 rings (SSSR count). The Bertz CT molecular complexity index is 955. The van der Waals surface area contributed by atoms with Crippen LogP contribution in [0.4, 0.5) is 0 Å². The van der Waals surface area contributed by atoms with Crippen LogP contribution in [0.1, 0.15) is 34.5 Å². The Morgan fingerprint density at radius 2 is 1.90 bits per heavy atom. The van der Waals surface area contributed by atoms with E-state index in [-0.39, 0.29) is 18.7 Å². The highest BCUT2D eigenvalue weighted by molar-refractivity contribution is 7.10. The van der Waals surface area contributed by atoms with Crippen LogP contribution in [0, 0.1) is 0 Å². The maximum absolute atomic E-state index is 12.5. The van der Waals surface area contributed by atoms with Crippen LogP contribution in [0.15, 0.2) is 60.0 Å². The van der Waals surface area contributed by atoms with Crippen molar-refractivity contribution in [2.45, 2.75) is 25.9 Å². The van der Waals surface area contributed by atoms with Gasteiger partial charge in [-0.3, -0.25) is 4.79 Å². The van der Waals surface area contributed by atoms with Gasteiger partial charge in [-0.05, 0) is 41.1 Å². The third kappa shape index (κ3) is 4.78. The first kappa shape index (κ1) is 19.5. The zero-order valence-corrected chi connectivity index (χ0v) is 17.2. The molecule has 3 N–H and O–H groups in total. The van der Waals surface area contributed by atoms with Gasteiger partial charge in [0.25, 0.3) is 5.91 Å². The molecular formula is C23H25N2O3S+. The minimum Gasteiger partial charge on any atom is -0.454 e. The predicted octanol–water partition coefficient (Wildman–Crippen LogP) is 3.01. The van der Waals surface area contributed by atoms with Crippen LogP contribution < -0.4 is 20.1 Å². The molecular weight excluding hydrogens is 384 g/mol. The van der Waals surface area contributed by atoms with Gasteiger partial charge in [-0.25, -0.2) is 0 Å². The van der Waals surface area contributed by atoms with E-state index in [1.165, 1.54) is 16.0 Å². The number of quaternary nitrogens is 1. The lowest BCUT2D eigenvalue weighted by molar-refractivity contribution is -0.676. The molecule has 150 valence electrons. The van der Waals surface area contributed by atoms with E-state index in [0.29, 0.717) is 13.1 Å². The van der Waals surface area contributed by atoms with E-state index in [0.717, 1.165) is 23.5 Å². The molecule has 0 bridgehead atoms. The zero-order chi connectivity index (χ0) is 20.1. The highest BCUT2D eigenvalue weighted by Gasteiger charge is 2.20. The fourth-order valence-corrected chi connectivity index (χ4v) is 4.24. The van der Waals surface area contributed by atoms with E-state index in [9.17, 15) is 4.79 Å². The molecule has 1 aromatic heterocycles. The molecule has 0 saturated heterocycles. The van der Waals surface area contributed by atoms with Gasteiger partial charge < -0.3 is 20.1 Å². The smallest absolute Gasteiger partial charge is 0.275 e. The largest absolute Gasteiger partial charge is 0.454 e. The maximum Gasteiger partial charge on any atom is 0.275 e. The summed E-state index contributed by atoms with van der Waals surface area (Å²) in [5, 5.41) is 7.18. The van der Waals surface area contributed by atoms with Crippen LogP contribution >= 0.6 is 11.3 Å². The second kappa shape index (κ2) is 9.11. The molecule has 5 nitrogen and oxygen atoms in total. The van der Waals surface area contributed by atoms with Gasteiger partial charge >= 0.3 is 0 Å². The highest BCUT2D eigenvalue weighted by Crippen LogP contribution is 2.32. The number of ether oxygens (including phenoxy) is 2. The number of carbonyl (C=O) groups excluding carboxylic acids is 1. The molecule has 1 atom stereocenters. The fourth-order valence-electron chi connectivity index (χ4n) is 3.39. The minimum atomic E-state index is 0.00870. The van der Waals surface area contributed by atoms with Gasteiger partial charge in [-0.2, -0.15) is 0 Å². The van der Waals surface area contributed by atoms with Crippen molar-refractivity contribution >= 4 is 17.2 Å². The van der Waals surface area contributed by atoms with Gasteiger partial charge in [0.2, 0.25) is 6.79 Å². The van der Waals surface area contributed by atoms with Crippen LogP contribution in [0.5, 0.6) is 11.5 Å². The Hall–Kier alpha value is -2.83. The number of carbonyl (C=O) groups is 1. The average molecular weight is 410 g/mol. The Morgan fingerprint density at radius 3 is 2.66 bits per heavy atom. The van der Waals surface area contributed by atoms with Crippen molar-refractivity contribution in [2.75, 3.05) is 13.3 Å². The van der Waals surface area contributed by atoms with E-state index >= 15 is 0 Å². The lowest BCUT2D eigenvalue weighted by Gasteiger charge is -2.15. The van der Waals surface area contributed by atoms with E-state index < -0.39 is 0 Å². The molecule has 0 saturated carbocycles. The molecule has 1 aliphatic heterocycles. The number of nitrogens with one attached hydrogen (secondary N) is 1. The monoisotopic (exact) mass is 409 g/mol. The topological polar surface area (TPSA) is 64.2 Å². The van der Waals surface area contributed by atoms with Gasteiger partial charge in [0.1, 0.15) is 6.04 Å². The average Bonchev–Trinajstić information content (AvgIpc) is 3.44. The summed E-state index contributed by atoms with van der Waals surface area (Å²) in [6.07, 6.45) is 1.02. The lowest BCUT2D eigenvalue weighted by Crippen LogP contribution is -2.87. The zero-order valence-electron chi connectivity index (χ0n) is 16.4. The Morgan fingerprint density at radius 1 is 1.10 bits per heavy atom. The lowest BCUT2D eigenvalue weighted by atomic mass is 10.0. The molecule has 3 aromatic rings. The summed E-state index contributed by atoms with van der Waals surface area (Å²) >= 11 is 1.72. The van der Waals surface area contributed by atoms with Gasteiger partial charge in [-0.1, -0.05) is 43.3 Å². The van der Waals surface area contributed by atoms with Gasteiger partial charge in [0, 0.05) is 12.1 Å². The van der Waals surface area contributed by atoms with Crippen molar-refractivity contribution in [1.82, 2.24) is 5.32 Å². The number of fused-ring (bicyclic) bond motifs is 1. The van der Waals surface area contributed by atoms with Crippen LogP contribution in [0.25, 0.3) is 0 Å². The molecule has 0 unspecified atom stereocenters. The summed E-state index contributed by atoms with van der Waals surface area (Å²) in [7, 11) is 0. The summed E-state index contributed by atoms with van der Waals surface area (Å²) in [4.78, 5) is 13.7. The number of rotatable bonds is 8. The molecule has 6 heteroatoms. The number of amides is 1. The number of hydrogen-bond donors (Lipinski definition) is 2. The summed E-state index contributed by atoms with van der Waals surface area (Å²) in [5.74, 6) is 1.49. The van der Waals surface area contributed by atoms with Gasteiger partial charge in [0.15, 0.2) is 18.0 Å². The van der Waals surface area contributed by atoms with Crippen molar-refractivity contribution in [3.05, 3.63) is 81.5 Å². The SMILES string of the molecule is CCc1ccc([C@H]([NH2+]CC(=O)NCc2ccc3c(c2)OCO3)c2cccs2)cc1. The molecule has 29 heavy (non-hydrogen) atoms. The van der Waals surface area contributed by atoms with Crippen LogP contribution in [-0.2, 0) is 17.8 Å². The van der Waals surface area contributed by atoms with Crippen molar-refractivity contribution in [1.29, 1.82) is 0 Å². The second-order valence-corrected chi connectivity index (χ2v) is 7.97. The number of hydrogen-bond acceptors (Lipinski definition) is 4. The number of nitrogens with two attached hydrogens (primary N) is 1. The Kier molecular flexibility index (Phi) is 6.12. The normalized spacial score (nSPS) is 13.3. The van der Waals surface area contributed by atoms with Crippen LogP contribution in [0.2, 0.25) is 0 Å². The quantitative estimate of drug-likeness (QED) is 0.601. The van der Waals surface area contributed by atoms with Crippen molar-refractivity contribution in [3.63, 3.8) is 0 Å². The van der Waals surface area contributed by atoms with Gasteiger partial charge in [-0.15, -0.1) is 11.3 Å². The standard InChI is InChI=1S/C23H24N2O3S/c1-2-16-5-8-18(9-6-16)23(21-4-3-11-29-21)25-14-22(26)24-13-17-7-10-19-20(12-17)28-15-27-19/h3-12,23,25H,2,13-15H2,1H3,(H,24,26)/p+1/t23-/m0/s1. The van der Waals surface area contributed by atoms with Crippen LogP contribution in [0.3, 0.4) is 0 Å². The number of thiophene rings is 1. The van der Waals surface area contributed by atoms with E-state index in [4.69, 9.17) is 9.47 Å². The molecule has 2 heterocycles. The maximum atomic E-state index is 12.5. The van der Waals surface area contributed by atoms with E-state index in [2.05, 4.69) is 59.3 Å². The second-order valence-electron chi connectivity index (χ2n) is 6.99. The Balaban J connectivity index is 1.36. The summed E-state index contributed by atoms with van der Waals surface area (Å²) in [6.45, 7) is 3.24. The molecule has 1 amide bonds. The molecule has 2 aromatic carbocycles. The summed E-state index contributed by atoms with van der Waals surface area (Å²) < 4.78 is 10.7. The first-order valence-electron chi connectivity index (χ1n) is 9.83. The van der Waals surface area contributed by atoms with Crippen LogP contribution in [-0.4, -0.2) is 19.2 Å². The minimum absolute atomic E-state index is 0.00870.